The lowest BCUT2D eigenvalue weighted by Crippen LogP contribution is -2.57. The summed E-state index contributed by atoms with van der Waals surface area (Å²) >= 11 is 0. The van der Waals surface area contributed by atoms with Crippen molar-refractivity contribution in [2.24, 2.45) is 0 Å². The Morgan fingerprint density at radius 1 is 0.957 bits per heavy atom. The van der Waals surface area contributed by atoms with Gasteiger partial charge in [-0.15, -0.1) is 0 Å². The minimum absolute atomic E-state index is 0.397. The molecule has 0 amide bonds. The zero-order valence-electron chi connectivity index (χ0n) is 12.3. The molecule has 0 radical (unpaired) electrons. The molecule has 7 heteroatoms. The molecule has 4 rings (SSSR count). The average molecular weight is 316 g/mol. The molecule has 2 heterocycles. The van der Waals surface area contributed by atoms with E-state index in [0.717, 1.165) is 16.2 Å². The maximum Gasteiger partial charge on any atom is 0.496 e. The summed E-state index contributed by atoms with van der Waals surface area (Å²) in [5, 5.41) is 31.4. The highest BCUT2D eigenvalue weighted by molar-refractivity contribution is 6.62. The molecule has 2 unspecified atom stereocenters. The van der Waals surface area contributed by atoms with Gasteiger partial charge in [0.05, 0.1) is 6.61 Å². The van der Waals surface area contributed by atoms with Crippen molar-refractivity contribution in [2.45, 2.75) is 30.7 Å². The van der Waals surface area contributed by atoms with Crippen molar-refractivity contribution in [3.05, 3.63) is 42.5 Å². The van der Waals surface area contributed by atoms with E-state index >= 15 is 0 Å². The van der Waals surface area contributed by atoms with Gasteiger partial charge < -0.3 is 29.4 Å². The first-order valence-corrected chi connectivity index (χ1v) is 7.59. The van der Waals surface area contributed by atoms with E-state index in [1.54, 1.807) is 0 Å². The Hall–Kier alpha value is -1.48. The van der Waals surface area contributed by atoms with Crippen LogP contribution in [0.5, 0.6) is 0 Å². The van der Waals surface area contributed by atoms with Gasteiger partial charge in [0.25, 0.3) is 0 Å². The molecule has 2 saturated heterocycles. The highest BCUT2D eigenvalue weighted by Gasteiger charge is 2.52. The van der Waals surface area contributed by atoms with Crippen LogP contribution in [0, 0.1) is 0 Å². The molecule has 0 bridgehead atoms. The predicted octanol–water partition coefficient (Wildman–Crippen LogP) is -0.611. The number of rotatable bonds is 2. The van der Waals surface area contributed by atoms with Crippen molar-refractivity contribution in [3.63, 3.8) is 0 Å². The molecule has 2 fully saturated rings. The summed E-state index contributed by atoms with van der Waals surface area (Å²) in [6, 6.07) is 13.8. The van der Waals surface area contributed by atoms with Gasteiger partial charge in [0.15, 0.2) is 6.29 Å². The molecule has 23 heavy (non-hydrogen) atoms. The molecule has 2 aromatic rings. The van der Waals surface area contributed by atoms with Crippen LogP contribution in [-0.4, -0.2) is 59.8 Å². The molecule has 0 aliphatic carbocycles. The maximum absolute atomic E-state index is 10.1. The number of hydrogen-bond acceptors (Lipinski definition) is 6. The second kappa shape index (κ2) is 5.87. The van der Waals surface area contributed by atoms with Gasteiger partial charge in [-0.3, -0.25) is 0 Å². The number of aliphatic hydroxyl groups excluding tert-OH is 3. The Kier molecular flexibility index (Phi) is 3.84. The fraction of sp³-hybridized carbons (Fsp3) is 0.375. The Balaban J connectivity index is 1.59. The molecule has 0 saturated carbocycles. The number of aliphatic hydroxyl groups is 3. The molecule has 2 aliphatic heterocycles. The Labute approximate surface area is 133 Å². The first-order chi connectivity index (χ1) is 11.2. The number of ether oxygens (including phenoxy) is 1. The fourth-order valence-electron chi connectivity index (χ4n) is 3.12. The van der Waals surface area contributed by atoms with Crippen LogP contribution in [0.4, 0.5) is 0 Å². The van der Waals surface area contributed by atoms with Gasteiger partial charge in [-0.1, -0.05) is 42.5 Å². The zero-order chi connectivity index (χ0) is 16.0. The third-order valence-electron chi connectivity index (χ3n) is 4.41. The van der Waals surface area contributed by atoms with Gasteiger partial charge in [0.2, 0.25) is 0 Å². The molecular formula is C16H17BO6. The highest BCUT2D eigenvalue weighted by atomic mass is 16.8. The molecule has 0 aromatic heterocycles. The van der Waals surface area contributed by atoms with Crippen molar-refractivity contribution >= 4 is 23.4 Å². The van der Waals surface area contributed by atoms with Crippen molar-refractivity contribution in [1.82, 2.24) is 0 Å². The van der Waals surface area contributed by atoms with E-state index < -0.39 is 44.4 Å². The lowest BCUT2D eigenvalue weighted by molar-refractivity contribution is -0.249. The van der Waals surface area contributed by atoms with E-state index in [9.17, 15) is 15.3 Å². The van der Waals surface area contributed by atoms with Crippen molar-refractivity contribution in [3.8, 4) is 0 Å². The average Bonchev–Trinajstić information content (AvgIpc) is 3.02. The van der Waals surface area contributed by atoms with E-state index in [1.165, 1.54) is 0 Å². The van der Waals surface area contributed by atoms with Crippen LogP contribution in [0.2, 0.25) is 0 Å². The zero-order valence-corrected chi connectivity index (χ0v) is 12.3. The lowest BCUT2D eigenvalue weighted by Gasteiger charge is -2.37. The van der Waals surface area contributed by atoms with E-state index in [0.29, 0.717) is 0 Å². The topological polar surface area (TPSA) is 88.4 Å². The molecule has 5 atom stereocenters. The van der Waals surface area contributed by atoms with Crippen molar-refractivity contribution in [2.75, 3.05) is 6.61 Å². The van der Waals surface area contributed by atoms with Crippen LogP contribution in [-0.2, 0) is 14.0 Å². The third-order valence-corrected chi connectivity index (χ3v) is 4.41. The van der Waals surface area contributed by atoms with E-state index in [-0.39, 0.29) is 0 Å². The molecule has 6 nitrogen and oxygen atoms in total. The predicted molar refractivity (Wildman–Crippen MR) is 83.1 cm³/mol. The van der Waals surface area contributed by atoms with Gasteiger partial charge in [-0.2, -0.15) is 0 Å². The van der Waals surface area contributed by atoms with Crippen LogP contribution in [0.3, 0.4) is 0 Å². The molecular weight excluding hydrogens is 299 g/mol. The first kappa shape index (κ1) is 15.1. The van der Waals surface area contributed by atoms with Gasteiger partial charge in [0.1, 0.15) is 24.4 Å². The van der Waals surface area contributed by atoms with Gasteiger partial charge in [-0.05, 0) is 16.2 Å². The SMILES string of the molecule is OCC1O[C@@H]2OB(c3ccc4ccccc4c3)O[C@H]2C(O)[C@@H]1O. The summed E-state index contributed by atoms with van der Waals surface area (Å²) < 4.78 is 16.9. The molecule has 120 valence electrons. The van der Waals surface area contributed by atoms with Crippen LogP contribution in [0.15, 0.2) is 42.5 Å². The first-order valence-electron chi connectivity index (χ1n) is 7.59. The molecule has 2 aromatic carbocycles. The van der Waals surface area contributed by atoms with E-state index in [2.05, 4.69) is 0 Å². The van der Waals surface area contributed by atoms with Crippen molar-refractivity contribution in [1.29, 1.82) is 0 Å². The number of hydrogen-bond donors (Lipinski definition) is 3. The van der Waals surface area contributed by atoms with Gasteiger partial charge >= 0.3 is 7.12 Å². The van der Waals surface area contributed by atoms with Crippen LogP contribution in [0.1, 0.15) is 0 Å². The van der Waals surface area contributed by atoms with Gasteiger partial charge in [0, 0.05) is 0 Å². The Morgan fingerprint density at radius 3 is 2.52 bits per heavy atom. The summed E-state index contributed by atoms with van der Waals surface area (Å²) in [4.78, 5) is 0. The minimum atomic E-state index is -1.21. The van der Waals surface area contributed by atoms with Crippen LogP contribution < -0.4 is 5.46 Å². The third kappa shape index (κ3) is 2.55. The van der Waals surface area contributed by atoms with Crippen LogP contribution >= 0.6 is 0 Å². The summed E-state index contributed by atoms with van der Waals surface area (Å²) in [7, 11) is -0.686. The van der Waals surface area contributed by atoms with Crippen LogP contribution in [0.25, 0.3) is 10.8 Å². The largest absolute Gasteiger partial charge is 0.496 e. The molecule has 3 N–H and O–H groups in total. The number of benzene rings is 2. The van der Waals surface area contributed by atoms with E-state index in [1.807, 2.05) is 42.5 Å². The second-order valence-corrected chi connectivity index (χ2v) is 5.88. The second-order valence-electron chi connectivity index (χ2n) is 5.88. The highest BCUT2D eigenvalue weighted by Crippen LogP contribution is 2.30. The Morgan fingerprint density at radius 2 is 1.74 bits per heavy atom. The number of fused-ring (bicyclic) bond motifs is 2. The summed E-state index contributed by atoms with van der Waals surface area (Å²) in [6.45, 7) is -0.397. The Bertz CT molecular complexity index is 710. The summed E-state index contributed by atoms with van der Waals surface area (Å²) in [6.07, 6.45) is -4.87. The van der Waals surface area contributed by atoms with Crippen molar-refractivity contribution < 1.29 is 29.4 Å². The smallest absolute Gasteiger partial charge is 0.396 e. The summed E-state index contributed by atoms with van der Waals surface area (Å²) in [5.41, 5.74) is 0.809. The van der Waals surface area contributed by atoms with E-state index in [4.69, 9.17) is 14.0 Å². The fourth-order valence-corrected chi connectivity index (χ4v) is 3.12. The molecule has 2 aliphatic rings. The maximum atomic E-state index is 10.1. The summed E-state index contributed by atoms with van der Waals surface area (Å²) in [5.74, 6) is 0. The molecule has 0 spiro atoms. The normalized spacial score (nSPS) is 33.9. The standard InChI is InChI=1S/C16H17BO6/c18-8-12-13(19)14(20)15-16(21-12)23-17(22-15)11-6-5-9-3-1-2-4-10(9)7-11/h1-7,12-16,18-20H,8H2/t12?,13-,14?,15+,16-/m1/s1. The minimum Gasteiger partial charge on any atom is -0.396 e. The van der Waals surface area contributed by atoms with Gasteiger partial charge in [-0.25, -0.2) is 0 Å². The lowest BCUT2D eigenvalue weighted by atomic mass is 9.78. The monoisotopic (exact) mass is 316 g/mol. The quantitative estimate of drug-likeness (QED) is 0.641.